The summed E-state index contributed by atoms with van der Waals surface area (Å²) < 4.78 is 5.64. The molecule has 4 heteroatoms. The fourth-order valence-electron chi connectivity index (χ4n) is 1.81. The first-order chi connectivity index (χ1) is 8.29. The lowest BCUT2D eigenvalue weighted by Crippen LogP contribution is -2.19. The molecule has 0 aromatic rings. The van der Waals surface area contributed by atoms with Crippen LogP contribution in [0.2, 0.25) is 0 Å². The quantitative estimate of drug-likeness (QED) is 0.351. The summed E-state index contributed by atoms with van der Waals surface area (Å²) in [6, 6.07) is 0. The SMILES string of the molecule is C1CCC1.O=C(I)NCCCOC1CCCC1. The fourth-order valence-corrected chi connectivity index (χ4v) is 2.08. The highest BCUT2D eigenvalue weighted by atomic mass is 127. The molecule has 2 aliphatic rings. The molecule has 100 valence electrons. The summed E-state index contributed by atoms with van der Waals surface area (Å²) in [6.45, 7) is 1.51. The smallest absolute Gasteiger partial charge is 0.280 e. The Balaban J connectivity index is 0.000000302. The summed E-state index contributed by atoms with van der Waals surface area (Å²) >= 11 is 1.74. The van der Waals surface area contributed by atoms with E-state index in [1.54, 1.807) is 22.6 Å². The van der Waals surface area contributed by atoms with Crippen LogP contribution in [0, 0.1) is 0 Å². The predicted molar refractivity (Wildman–Crippen MR) is 78.7 cm³/mol. The molecule has 0 heterocycles. The number of rotatable bonds is 5. The van der Waals surface area contributed by atoms with Gasteiger partial charge in [0.2, 0.25) is 0 Å². The minimum Gasteiger partial charge on any atom is -0.378 e. The van der Waals surface area contributed by atoms with E-state index in [4.69, 9.17) is 4.74 Å². The monoisotopic (exact) mass is 353 g/mol. The number of hydrogen-bond donors (Lipinski definition) is 1. The zero-order valence-electron chi connectivity index (χ0n) is 10.5. The molecule has 2 fully saturated rings. The van der Waals surface area contributed by atoms with Crippen LogP contribution in [0.15, 0.2) is 0 Å². The van der Waals surface area contributed by atoms with Gasteiger partial charge >= 0.3 is 0 Å². The molecular formula is C13H24INO2. The van der Waals surface area contributed by atoms with Gasteiger partial charge in [-0.25, -0.2) is 0 Å². The Morgan fingerprint density at radius 3 is 2.18 bits per heavy atom. The van der Waals surface area contributed by atoms with Gasteiger partial charge in [-0.15, -0.1) is 0 Å². The van der Waals surface area contributed by atoms with Gasteiger partial charge in [0.15, 0.2) is 0 Å². The molecule has 1 amide bonds. The van der Waals surface area contributed by atoms with Gasteiger partial charge in [-0.05, 0) is 19.3 Å². The third kappa shape index (κ3) is 8.83. The summed E-state index contributed by atoms with van der Waals surface area (Å²) in [7, 11) is 0. The summed E-state index contributed by atoms with van der Waals surface area (Å²) in [6.07, 6.45) is 12.5. The van der Waals surface area contributed by atoms with Crippen LogP contribution in [0.3, 0.4) is 0 Å². The fraction of sp³-hybridized carbons (Fsp3) is 0.923. The predicted octanol–water partition coefficient (Wildman–Crippen LogP) is 4.04. The Kier molecular flexibility index (Phi) is 9.06. The molecule has 0 aromatic carbocycles. The van der Waals surface area contributed by atoms with Gasteiger partial charge in [0.25, 0.3) is 3.91 Å². The van der Waals surface area contributed by atoms with Crippen molar-refractivity contribution in [3.8, 4) is 0 Å². The lowest BCUT2D eigenvalue weighted by atomic mass is 10.0. The summed E-state index contributed by atoms with van der Waals surface area (Å²) in [5.74, 6) is 0. The van der Waals surface area contributed by atoms with E-state index >= 15 is 0 Å². The molecule has 0 saturated heterocycles. The van der Waals surface area contributed by atoms with E-state index in [-0.39, 0.29) is 3.91 Å². The van der Waals surface area contributed by atoms with Crippen molar-refractivity contribution < 1.29 is 9.53 Å². The van der Waals surface area contributed by atoms with E-state index < -0.39 is 0 Å². The molecular weight excluding hydrogens is 329 g/mol. The summed E-state index contributed by atoms with van der Waals surface area (Å²) in [5, 5.41) is 2.74. The molecule has 0 unspecified atom stereocenters. The largest absolute Gasteiger partial charge is 0.378 e. The van der Waals surface area contributed by atoms with Gasteiger partial charge < -0.3 is 10.1 Å². The van der Waals surface area contributed by atoms with Crippen LogP contribution in [0.1, 0.15) is 57.8 Å². The molecule has 0 aliphatic heterocycles. The minimum absolute atomic E-state index is 0.0125. The normalized spacial score (nSPS) is 19.1. The number of carbonyl (C=O) groups is 1. The van der Waals surface area contributed by atoms with Crippen molar-refractivity contribution >= 4 is 26.5 Å². The molecule has 0 spiro atoms. The second kappa shape index (κ2) is 10.1. The standard InChI is InChI=1S/C9H16INO2.C4H8/c10-9(12)11-6-3-7-13-8-4-1-2-5-8;1-2-4-3-1/h8H,1-7H2,(H,11,12);1-4H2. The van der Waals surface area contributed by atoms with Crippen LogP contribution in [-0.4, -0.2) is 23.2 Å². The van der Waals surface area contributed by atoms with Crippen molar-refractivity contribution in [3.05, 3.63) is 0 Å². The molecule has 0 bridgehead atoms. The molecule has 0 aromatic heterocycles. The van der Waals surface area contributed by atoms with Crippen LogP contribution < -0.4 is 5.32 Å². The Morgan fingerprint density at radius 1 is 1.12 bits per heavy atom. The lowest BCUT2D eigenvalue weighted by Gasteiger charge is -2.10. The van der Waals surface area contributed by atoms with Crippen molar-refractivity contribution in [2.75, 3.05) is 13.2 Å². The Labute approximate surface area is 118 Å². The zero-order chi connectivity index (χ0) is 12.3. The Hall–Kier alpha value is 0.160. The van der Waals surface area contributed by atoms with Gasteiger partial charge in [0.05, 0.1) is 6.10 Å². The number of halogens is 1. The maximum Gasteiger partial charge on any atom is 0.280 e. The average Bonchev–Trinajstić information content (AvgIpc) is 2.66. The lowest BCUT2D eigenvalue weighted by molar-refractivity contribution is 0.0573. The number of carbonyl (C=O) groups excluding carboxylic acids is 1. The van der Waals surface area contributed by atoms with Crippen LogP contribution in [0.25, 0.3) is 0 Å². The third-order valence-electron chi connectivity index (χ3n) is 3.24. The van der Waals surface area contributed by atoms with E-state index in [0.717, 1.165) is 19.6 Å². The topological polar surface area (TPSA) is 38.3 Å². The molecule has 17 heavy (non-hydrogen) atoms. The maximum absolute atomic E-state index is 10.5. The number of hydrogen-bond acceptors (Lipinski definition) is 2. The second-order valence-electron chi connectivity index (χ2n) is 4.75. The van der Waals surface area contributed by atoms with E-state index in [1.807, 2.05) is 0 Å². The number of nitrogens with one attached hydrogen (secondary N) is 1. The molecule has 1 N–H and O–H groups in total. The van der Waals surface area contributed by atoms with Gasteiger partial charge in [0.1, 0.15) is 0 Å². The molecule has 3 nitrogen and oxygen atoms in total. The highest BCUT2D eigenvalue weighted by Crippen LogP contribution is 2.20. The van der Waals surface area contributed by atoms with Crippen molar-refractivity contribution in [1.82, 2.24) is 5.32 Å². The van der Waals surface area contributed by atoms with Crippen LogP contribution in [-0.2, 0) is 4.74 Å². The number of ether oxygens (including phenoxy) is 1. The highest BCUT2D eigenvalue weighted by Gasteiger charge is 2.14. The highest BCUT2D eigenvalue weighted by molar-refractivity contribution is 14.1. The average molecular weight is 353 g/mol. The van der Waals surface area contributed by atoms with E-state index in [2.05, 4.69) is 5.32 Å². The third-order valence-corrected chi connectivity index (χ3v) is 3.62. The minimum atomic E-state index is 0.0125. The first kappa shape index (κ1) is 15.2. The van der Waals surface area contributed by atoms with Crippen molar-refractivity contribution in [3.63, 3.8) is 0 Å². The number of amides is 1. The van der Waals surface area contributed by atoms with Crippen molar-refractivity contribution in [2.45, 2.75) is 63.9 Å². The van der Waals surface area contributed by atoms with Gasteiger partial charge in [0, 0.05) is 35.7 Å². The van der Waals surface area contributed by atoms with Crippen molar-refractivity contribution in [1.29, 1.82) is 0 Å². The molecule has 0 atom stereocenters. The molecule has 2 aliphatic carbocycles. The van der Waals surface area contributed by atoms with Crippen LogP contribution in [0.4, 0.5) is 4.79 Å². The second-order valence-corrected chi connectivity index (χ2v) is 5.73. The maximum atomic E-state index is 10.5. The summed E-state index contributed by atoms with van der Waals surface area (Å²) in [4.78, 5) is 10.5. The van der Waals surface area contributed by atoms with Gasteiger partial charge in [-0.2, -0.15) is 0 Å². The van der Waals surface area contributed by atoms with E-state index in [9.17, 15) is 4.79 Å². The molecule has 2 saturated carbocycles. The molecule has 2 rings (SSSR count). The Bertz CT molecular complexity index is 198. The summed E-state index contributed by atoms with van der Waals surface area (Å²) in [5.41, 5.74) is 0. The van der Waals surface area contributed by atoms with Crippen LogP contribution >= 0.6 is 22.6 Å². The van der Waals surface area contributed by atoms with Gasteiger partial charge in [-0.3, -0.25) is 4.79 Å². The first-order valence-corrected chi connectivity index (χ1v) is 7.92. The Morgan fingerprint density at radius 2 is 1.71 bits per heavy atom. The van der Waals surface area contributed by atoms with Crippen molar-refractivity contribution in [2.24, 2.45) is 0 Å². The van der Waals surface area contributed by atoms with Gasteiger partial charge in [-0.1, -0.05) is 38.5 Å². The first-order valence-electron chi connectivity index (χ1n) is 6.84. The van der Waals surface area contributed by atoms with E-state index in [1.165, 1.54) is 51.4 Å². The zero-order valence-corrected chi connectivity index (χ0v) is 12.7. The van der Waals surface area contributed by atoms with Crippen LogP contribution in [0.5, 0.6) is 0 Å². The van der Waals surface area contributed by atoms with E-state index in [0.29, 0.717) is 6.10 Å². The molecule has 0 radical (unpaired) electrons.